The quantitative estimate of drug-likeness (QED) is 0.685. The molecule has 1 aliphatic rings. The summed E-state index contributed by atoms with van der Waals surface area (Å²) in [7, 11) is 1.54. The van der Waals surface area contributed by atoms with Gasteiger partial charge in [0.25, 0.3) is 0 Å². The van der Waals surface area contributed by atoms with Gasteiger partial charge in [-0.1, -0.05) is 23.7 Å². The lowest BCUT2D eigenvalue weighted by molar-refractivity contribution is 0.0598. The predicted octanol–water partition coefficient (Wildman–Crippen LogP) is 2.07. The van der Waals surface area contributed by atoms with Gasteiger partial charge in [0.1, 0.15) is 0 Å². The number of halogens is 1. The number of urea groups is 1. The Bertz CT molecular complexity index is 489. The molecule has 1 aliphatic carbocycles. The van der Waals surface area contributed by atoms with Crippen LogP contribution in [0.2, 0.25) is 5.02 Å². The summed E-state index contributed by atoms with van der Waals surface area (Å²) < 4.78 is 4.83. The summed E-state index contributed by atoms with van der Waals surface area (Å²) in [4.78, 5) is 11.8. The fourth-order valence-corrected chi connectivity index (χ4v) is 2.59. The smallest absolute Gasteiger partial charge is 0.314 e. The SMILES string of the molecule is COCC(O)CCNC(=O)NCC1(c2ccc(Cl)cc2)CC1. The van der Waals surface area contributed by atoms with Crippen LogP contribution in [0.3, 0.4) is 0 Å². The standard InChI is InChI=1S/C16H23ClN2O3/c1-22-10-14(20)6-9-18-15(21)19-11-16(7-8-16)12-2-4-13(17)5-3-12/h2-5,14,20H,6-11H2,1H3,(H2,18,19,21). The van der Waals surface area contributed by atoms with Crippen molar-refractivity contribution >= 4 is 17.6 Å². The molecule has 0 aromatic heterocycles. The molecule has 1 aromatic carbocycles. The zero-order chi connectivity index (χ0) is 16.0. The van der Waals surface area contributed by atoms with Crippen LogP contribution >= 0.6 is 11.6 Å². The lowest BCUT2D eigenvalue weighted by atomic mass is 9.96. The van der Waals surface area contributed by atoms with Crippen LogP contribution in [0.15, 0.2) is 24.3 Å². The number of nitrogens with one attached hydrogen (secondary N) is 2. The fourth-order valence-electron chi connectivity index (χ4n) is 2.46. The Morgan fingerprint density at radius 1 is 1.36 bits per heavy atom. The molecule has 1 fully saturated rings. The molecule has 1 atom stereocenters. The van der Waals surface area contributed by atoms with Crippen LogP contribution in [-0.4, -0.2) is 44.0 Å². The third-order valence-electron chi connectivity index (χ3n) is 4.02. The van der Waals surface area contributed by atoms with Gasteiger partial charge in [-0.25, -0.2) is 4.79 Å². The normalized spacial score (nSPS) is 16.9. The zero-order valence-electron chi connectivity index (χ0n) is 12.8. The molecule has 2 rings (SSSR count). The van der Waals surface area contributed by atoms with E-state index in [0.717, 1.165) is 17.9 Å². The monoisotopic (exact) mass is 326 g/mol. The van der Waals surface area contributed by atoms with E-state index >= 15 is 0 Å². The van der Waals surface area contributed by atoms with Gasteiger partial charge >= 0.3 is 6.03 Å². The van der Waals surface area contributed by atoms with Gasteiger partial charge in [0.05, 0.1) is 12.7 Å². The highest BCUT2D eigenvalue weighted by atomic mass is 35.5. The zero-order valence-corrected chi connectivity index (χ0v) is 13.5. The van der Waals surface area contributed by atoms with Crippen LogP contribution < -0.4 is 10.6 Å². The van der Waals surface area contributed by atoms with Crippen molar-refractivity contribution in [2.75, 3.05) is 26.8 Å². The predicted molar refractivity (Wildman–Crippen MR) is 86.3 cm³/mol. The van der Waals surface area contributed by atoms with E-state index in [0.29, 0.717) is 19.5 Å². The van der Waals surface area contributed by atoms with Crippen molar-refractivity contribution in [3.05, 3.63) is 34.9 Å². The van der Waals surface area contributed by atoms with Crippen molar-refractivity contribution in [1.82, 2.24) is 10.6 Å². The number of carbonyl (C=O) groups excluding carboxylic acids is 1. The first kappa shape index (κ1) is 17.1. The molecule has 2 amide bonds. The number of aliphatic hydroxyl groups is 1. The second kappa shape index (κ2) is 7.81. The van der Waals surface area contributed by atoms with E-state index in [1.54, 1.807) is 0 Å². The molecule has 0 heterocycles. The molecule has 0 saturated heterocycles. The number of hydrogen-bond acceptors (Lipinski definition) is 3. The number of amides is 2. The fraction of sp³-hybridized carbons (Fsp3) is 0.562. The van der Waals surface area contributed by atoms with E-state index in [9.17, 15) is 9.90 Å². The van der Waals surface area contributed by atoms with Gasteiger partial charge < -0.3 is 20.5 Å². The molecule has 0 aliphatic heterocycles. The number of rotatable bonds is 8. The molecule has 3 N–H and O–H groups in total. The van der Waals surface area contributed by atoms with Crippen LogP contribution in [0.5, 0.6) is 0 Å². The maximum atomic E-state index is 11.8. The van der Waals surface area contributed by atoms with Gasteiger partial charge in [-0.2, -0.15) is 0 Å². The van der Waals surface area contributed by atoms with Crippen molar-refractivity contribution in [3.63, 3.8) is 0 Å². The Labute approximate surface area is 136 Å². The highest BCUT2D eigenvalue weighted by Gasteiger charge is 2.44. The van der Waals surface area contributed by atoms with E-state index in [-0.39, 0.29) is 18.1 Å². The number of benzene rings is 1. The largest absolute Gasteiger partial charge is 0.391 e. The topological polar surface area (TPSA) is 70.6 Å². The third kappa shape index (κ3) is 4.87. The van der Waals surface area contributed by atoms with E-state index in [1.165, 1.54) is 12.7 Å². The van der Waals surface area contributed by atoms with Crippen molar-refractivity contribution < 1.29 is 14.6 Å². The van der Waals surface area contributed by atoms with E-state index in [1.807, 2.05) is 24.3 Å². The van der Waals surface area contributed by atoms with Crippen LogP contribution in [0, 0.1) is 0 Å². The number of ether oxygens (including phenoxy) is 1. The maximum absolute atomic E-state index is 11.8. The number of hydrogen-bond donors (Lipinski definition) is 3. The average molecular weight is 327 g/mol. The van der Waals surface area contributed by atoms with Gasteiger partial charge in [0.2, 0.25) is 0 Å². The van der Waals surface area contributed by atoms with E-state index in [4.69, 9.17) is 16.3 Å². The second-order valence-electron chi connectivity index (χ2n) is 5.79. The van der Waals surface area contributed by atoms with Gasteiger partial charge in [0, 0.05) is 30.6 Å². The molecule has 1 unspecified atom stereocenters. The molecule has 0 spiro atoms. The number of carbonyl (C=O) groups is 1. The molecule has 1 aromatic rings. The van der Waals surface area contributed by atoms with Crippen molar-refractivity contribution in [1.29, 1.82) is 0 Å². The van der Waals surface area contributed by atoms with Gasteiger partial charge in [0.15, 0.2) is 0 Å². The van der Waals surface area contributed by atoms with Crippen LogP contribution in [0.25, 0.3) is 0 Å². The van der Waals surface area contributed by atoms with Crippen LogP contribution in [0.4, 0.5) is 4.79 Å². The summed E-state index contributed by atoms with van der Waals surface area (Å²) in [5.74, 6) is 0. The summed E-state index contributed by atoms with van der Waals surface area (Å²) in [6.45, 7) is 1.31. The van der Waals surface area contributed by atoms with Gasteiger partial charge in [-0.3, -0.25) is 0 Å². The molecule has 0 bridgehead atoms. The Balaban J connectivity index is 1.71. The molecule has 122 valence electrons. The molecule has 22 heavy (non-hydrogen) atoms. The van der Waals surface area contributed by atoms with Crippen molar-refractivity contribution in [2.45, 2.75) is 30.8 Å². The lowest BCUT2D eigenvalue weighted by Crippen LogP contribution is -2.41. The van der Waals surface area contributed by atoms with Gasteiger partial charge in [-0.05, 0) is 37.0 Å². The molecule has 5 nitrogen and oxygen atoms in total. The molecular formula is C16H23ClN2O3. The summed E-state index contributed by atoms with van der Waals surface area (Å²) in [5, 5.41) is 15.9. The Kier molecular flexibility index (Phi) is 6.06. The Morgan fingerprint density at radius 2 is 2.05 bits per heavy atom. The van der Waals surface area contributed by atoms with Crippen molar-refractivity contribution in [3.8, 4) is 0 Å². The minimum Gasteiger partial charge on any atom is -0.391 e. The maximum Gasteiger partial charge on any atom is 0.314 e. The summed E-state index contributed by atoms with van der Waals surface area (Å²) in [6, 6.07) is 7.61. The minimum absolute atomic E-state index is 0.0531. The second-order valence-corrected chi connectivity index (χ2v) is 6.23. The third-order valence-corrected chi connectivity index (χ3v) is 4.27. The summed E-state index contributed by atoms with van der Waals surface area (Å²) in [6.07, 6.45) is 2.07. The molecule has 6 heteroatoms. The van der Waals surface area contributed by atoms with E-state index in [2.05, 4.69) is 10.6 Å². The molecule has 1 saturated carbocycles. The first-order valence-corrected chi connectivity index (χ1v) is 7.88. The number of methoxy groups -OCH3 is 1. The molecular weight excluding hydrogens is 304 g/mol. The Morgan fingerprint density at radius 3 is 2.64 bits per heavy atom. The van der Waals surface area contributed by atoms with Crippen LogP contribution in [-0.2, 0) is 10.2 Å². The van der Waals surface area contributed by atoms with Crippen molar-refractivity contribution in [2.24, 2.45) is 0 Å². The first-order valence-electron chi connectivity index (χ1n) is 7.50. The van der Waals surface area contributed by atoms with Gasteiger partial charge in [-0.15, -0.1) is 0 Å². The number of aliphatic hydroxyl groups excluding tert-OH is 1. The minimum atomic E-state index is -0.547. The van der Waals surface area contributed by atoms with E-state index < -0.39 is 6.10 Å². The first-order chi connectivity index (χ1) is 10.6. The average Bonchev–Trinajstić information content (AvgIpc) is 3.27. The highest BCUT2D eigenvalue weighted by molar-refractivity contribution is 6.30. The Hall–Kier alpha value is -1.30. The summed E-state index contributed by atoms with van der Waals surface area (Å²) >= 11 is 5.91. The van der Waals surface area contributed by atoms with Crippen LogP contribution in [0.1, 0.15) is 24.8 Å². The highest BCUT2D eigenvalue weighted by Crippen LogP contribution is 2.47. The summed E-state index contributed by atoms with van der Waals surface area (Å²) in [5.41, 5.74) is 1.27. The molecule has 0 radical (unpaired) electrons. The lowest BCUT2D eigenvalue weighted by Gasteiger charge is -2.17.